The standard InChI is InChI=1S/C13H21N5/c1-5-12-15-6-7-18(12)13-11(8-9(2)14)10(3)16-17(13)4/h6-7,9H,5,8,14H2,1-4H3. The van der Waals surface area contributed by atoms with Gasteiger partial charge < -0.3 is 5.73 Å². The highest BCUT2D eigenvalue weighted by Crippen LogP contribution is 2.20. The summed E-state index contributed by atoms with van der Waals surface area (Å²) in [4.78, 5) is 4.37. The highest BCUT2D eigenvalue weighted by Gasteiger charge is 2.17. The number of rotatable bonds is 4. The highest BCUT2D eigenvalue weighted by molar-refractivity contribution is 5.39. The van der Waals surface area contributed by atoms with Crippen LogP contribution in [0.25, 0.3) is 5.82 Å². The second-order valence-corrected chi connectivity index (χ2v) is 4.76. The molecular weight excluding hydrogens is 226 g/mol. The molecule has 2 rings (SSSR count). The van der Waals surface area contributed by atoms with Crippen LogP contribution in [0.3, 0.4) is 0 Å². The zero-order valence-corrected chi connectivity index (χ0v) is 11.5. The monoisotopic (exact) mass is 247 g/mol. The number of aromatic nitrogens is 4. The van der Waals surface area contributed by atoms with Crippen LogP contribution in [0.1, 0.15) is 30.9 Å². The van der Waals surface area contributed by atoms with Crippen molar-refractivity contribution in [1.82, 2.24) is 19.3 Å². The van der Waals surface area contributed by atoms with E-state index >= 15 is 0 Å². The molecule has 2 aromatic heterocycles. The number of hydrogen-bond donors (Lipinski definition) is 1. The lowest BCUT2D eigenvalue weighted by atomic mass is 10.1. The smallest absolute Gasteiger partial charge is 0.139 e. The minimum atomic E-state index is 0.125. The van der Waals surface area contributed by atoms with Crippen LogP contribution in [-0.2, 0) is 19.9 Å². The minimum absolute atomic E-state index is 0.125. The van der Waals surface area contributed by atoms with Gasteiger partial charge in [-0.1, -0.05) is 6.92 Å². The molecule has 2 N–H and O–H groups in total. The summed E-state index contributed by atoms with van der Waals surface area (Å²) >= 11 is 0. The highest BCUT2D eigenvalue weighted by atomic mass is 15.3. The zero-order valence-electron chi connectivity index (χ0n) is 11.5. The van der Waals surface area contributed by atoms with Gasteiger partial charge in [0.25, 0.3) is 0 Å². The number of imidazole rings is 1. The first kappa shape index (κ1) is 12.8. The van der Waals surface area contributed by atoms with E-state index in [2.05, 4.69) is 21.6 Å². The normalized spacial score (nSPS) is 12.9. The second-order valence-electron chi connectivity index (χ2n) is 4.76. The van der Waals surface area contributed by atoms with E-state index < -0.39 is 0 Å². The third-order valence-corrected chi connectivity index (χ3v) is 3.10. The van der Waals surface area contributed by atoms with Crippen molar-refractivity contribution in [3.8, 4) is 5.82 Å². The molecule has 0 aliphatic carbocycles. The van der Waals surface area contributed by atoms with Crippen molar-refractivity contribution in [2.75, 3.05) is 0 Å². The molecular formula is C13H21N5. The molecule has 0 aromatic carbocycles. The van der Waals surface area contributed by atoms with E-state index in [0.717, 1.165) is 30.2 Å². The summed E-state index contributed by atoms with van der Waals surface area (Å²) in [5.41, 5.74) is 8.18. The van der Waals surface area contributed by atoms with Crippen LogP contribution in [0.2, 0.25) is 0 Å². The summed E-state index contributed by atoms with van der Waals surface area (Å²) in [7, 11) is 1.96. The topological polar surface area (TPSA) is 61.7 Å². The Hall–Kier alpha value is -1.62. The van der Waals surface area contributed by atoms with Crippen molar-refractivity contribution < 1.29 is 0 Å². The molecule has 98 valence electrons. The average molecular weight is 247 g/mol. The first-order valence-electron chi connectivity index (χ1n) is 6.35. The lowest BCUT2D eigenvalue weighted by Crippen LogP contribution is -2.19. The van der Waals surface area contributed by atoms with Crippen LogP contribution < -0.4 is 5.73 Å². The fourth-order valence-corrected chi connectivity index (χ4v) is 2.34. The molecule has 0 fully saturated rings. The lowest BCUT2D eigenvalue weighted by Gasteiger charge is -2.11. The van der Waals surface area contributed by atoms with Gasteiger partial charge in [0.05, 0.1) is 5.69 Å². The van der Waals surface area contributed by atoms with Gasteiger partial charge >= 0.3 is 0 Å². The molecule has 2 aromatic rings. The van der Waals surface area contributed by atoms with E-state index in [1.807, 2.05) is 38.0 Å². The molecule has 18 heavy (non-hydrogen) atoms. The molecule has 2 heterocycles. The van der Waals surface area contributed by atoms with Gasteiger partial charge in [-0.2, -0.15) is 5.10 Å². The lowest BCUT2D eigenvalue weighted by molar-refractivity contribution is 0.697. The molecule has 0 spiro atoms. The van der Waals surface area contributed by atoms with Crippen molar-refractivity contribution in [2.24, 2.45) is 12.8 Å². The van der Waals surface area contributed by atoms with Crippen LogP contribution in [0.5, 0.6) is 0 Å². The first-order valence-corrected chi connectivity index (χ1v) is 6.35. The quantitative estimate of drug-likeness (QED) is 0.887. The van der Waals surface area contributed by atoms with Gasteiger partial charge in [0, 0.05) is 37.5 Å². The summed E-state index contributed by atoms with van der Waals surface area (Å²) < 4.78 is 4.02. The van der Waals surface area contributed by atoms with Gasteiger partial charge in [-0.3, -0.25) is 9.25 Å². The average Bonchev–Trinajstić information content (AvgIpc) is 2.84. The van der Waals surface area contributed by atoms with E-state index in [0.29, 0.717) is 0 Å². The van der Waals surface area contributed by atoms with E-state index in [4.69, 9.17) is 5.73 Å². The fraction of sp³-hybridized carbons (Fsp3) is 0.538. The summed E-state index contributed by atoms with van der Waals surface area (Å²) in [6, 6.07) is 0.125. The molecule has 0 aliphatic rings. The molecule has 1 unspecified atom stereocenters. The van der Waals surface area contributed by atoms with Crippen LogP contribution in [0.4, 0.5) is 0 Å². The molecule has 1 atom stereocenters. The Kier molecular flexibility index (Phi) is 3.52. The molecule has 5 heteroatoms. The zero-order chi connectivity index (χ0) is 13.3. The Morgan fingerprint density at radius 3 is 2.78 bits per heavy atom. The van der Waals surface area contributed by atoms with E-state index in [1.165, 1.54) is 5.56 Å². The SMILES string of the molecule is CCc1nccn1-c1c(CC(C)N)c(C)nn1C. The molecule has 0 saturated carbocycles. The first-order chi connectivity index (χ1) is 8.54. The van der Waals surface area contributed by atoms with Gasteiger partial charge in [-0.25, -0.2) is 4.98 Å². The number of aryl methyl sites for hydroxylation is 3. The van der Waals surface area contributed by atoms with Crippen LogP contribution in [0.15, 0.2) is 12.4 Å². The summed E-state index contributed by atoms with van der Waals surface area (Å²) in [5.74, 6) is 2.13. The van der Waals surface area contributed by atoms with Crippen molar-refractivity contribution >= 4 is 0 Å². The number of nitrogens with two attached hydrogens (primary N) is 1. The predicted molar refractivity (Wildman–Crippen MR) is 71.8 cm³/mol. The molecule has 0 radical (unpaired) electrons. The van der Waals surface area contributed by atoms with E-state index in [-0.39, 0.29) is 6.04 Å². The van der Waals surface area contributed by atoms with Gasteiger partial charge in [0.15, 0.2) is 0 Å². The van der Waals surface area contributed by atoms with Crippen molar-refractivity contribution in [3.63, 3.8) is 0 Å². The fourth-order valence-electron chi connectivity index (χ4n) is 2.34. The number of nitrogens with zero attached hydrogens (tertiary/aromatic N) is 4. The van der Waals surface area contributed by atoms with Crippen molar-refractivity contribution in [3.05, 3.63) is 29.5 Å². The second kappa shape index (κ2) is 4.94. The third-order valence-electron chi connectivity index (χ3n) is 3.10. The maximum atomic E-state index is 5.93. The summed E-state index contributed by atoms with van der Waals surface area (Å²) in [6.45, 7) is 6.15. The van der Waals surface area contributed by atoms with Crippen LogP contribution >= 0.6 is 0 Å². The molecule has 0 aliphatic heterocycles. The van der Waals surface area contributed by atoms with Gasteiger partial charge in [0.1, 0.15) is 11.6 Å². The van der Waals surface area contributed by atoms with E-state index in [9.17, 15) is 0 Å². The largest absolute Gasteiger partial charge is 0.328 e. The maximum Gasteiger partial charge on any atom is 0.139 e. The molecule has 0 saturated heterocycles. The Labute approximate surface area is 108 Å². The van der Waals surface area contributed by atoms with Crippen molar-refractivity contribution in [1.29, 1.82) is 0 Å². The molecule has 5 nitrogen and oxygen atoms in total. The van der Waals surface area contributed by atoms with Crippen molar-refractivity contribution in [2.45, 2.75) is 39.7 Å². The predicted octanol–water partition coefficient (Wildman–Crippen LogP) is 1.37. The van der Waals surface area contributed by atoms with Gasteiger partial charge in [-0.05, 0) is 20.3 Å². The maximum absolute atomic E-state index is 5.93. The van der Waals surface area contributed by atoms with Gasteiger partial charge in [0.2, 0.25) is 0 Å². The van der Waals surface area contributed by atoms with Crippen LogP contribution in [-0.4, -0.2) is 25.4 Å². The summed E-state index contributed by atoms with van der Waals surface area (Å²) in [6.07, 6.45) is 5.54. The Balaban J connectivity index is 2.56. The van der Waals surface area contributed by atoms with Crippen LogP contribution in [0, 0.1) is 6.92 Å². The Bertz CT molecular complexity index is 536. The third kappa shape index (κ3) is 2.18. The minimum Gasteiger partial charge on any atom is -0.328 e. The Morgan fingerprint density at radius 1 is 1.44 bits per heavy atom. The molecule has 0 amide bonds. The van der Waals surface area contributed by atoms with Gasteiger partial charge in [-0.15, -0.1) is 0 Å². The molecule has 0 bridgehead atoms. The van der Waals surface area contributed by atoms with E-state index in [1.54, 1.807) is 0 Å². The summed E-state index contributed by atoms with van der Waals surface area (Å²) in [5, 5.41) is 4.51. The Morgan fingerprint density at radius 2 is 2.17 bits per heavy atom. The number of hydrogen-bond acceptors (Lipinski definition) is 3.